The maximum Gasteiger partial charge on any atom is 0.297 e. The number of nitrogens with zero attached hydrogens (tertiary/aromatic N) is 4. The molecule has 7 heteroatoms. The lowest BCUT2D eigenvalue weighted by molar-refractivity contribution is -0.384. The van der Waals surface area contributed by atoms with E-state index >= 15 is 0 Å². The van der Waals surface area contributed by atoms with E-state index in [1.165, 1.54) is 6.07 Å². The van der Waals surface area contributed by atoms with Gasteiger partial charge < -0.3 is 5.32 Å². The molecule has 0 unspecified atom stereocenters. The van der Waals surface area contributed by atoms with Gasteiger partial charge in [-0.3, -0.25) is 14.8 Å². The number of pyridine rings is 1. The molecule has 0 fully saturated rings. The Labute approximate surface area is 110 Å². The van der Waals surface area contributed by atoms with Gasteiger partial charge in [-0.1, -0.05) is 6.92 Å². The van der Waals surface area contributed by atoms with Crippen molar-refractivity contribution in [3.05, 3.63) is 34.5 Å². The number of nitro groups is 1. The van der Waals surface area contributed by atoms with E-state index < -0.39 is 4.92 Å². The molecule has 0 aromatic carbocycles. The third-order valence-electron chi connectivity index (χ3n) is 2.58. The number of rotatable bonds is 5. The van der Waals surface area contributed by atoms with Gasteiger partial charge in [0.15, 0.2) is 5.69 Å². The first kappa shape index (κ1) is 13.0. The van der Waals surface area contributed by atoms with Crippen molar-refractivity contribution in [3.63, 3.8) is 0 Å². The Balaban J connectivity index is 2.44. The second kappa shape index (κ2) is 5.47. The molecule has 0 spiro atoms. The summed E-state index contributed by atoms with van der Waals surface area (Å²) in [5.74, 6) is 0.619. The van der Waals surface area contributed by atoms with Crippen molar-refractivity contribution in [2.75, 3.05) is 11.9 Å². The molecule has 0 aliphatic heterocycles. The highest BCUT2D eigenvalue weighted by Crippen LogP contribution is 2.27. The molecule has 100 valence electrons. The molecule has 0 aliphatic rings. The molecule has 1 N–H and O–H groups in total. The van der Waals surface area contributed by atoms with Crippen molar-refractivity contribution in [2.24, 2.45) is 7.05 Å². The summed E-state index contributed by atoms with van der Waals surface area (Å²) in [5.41, 5.74) is 0.738. The van der Waals surface area contributed by atoms with Crippen molar-refractivity contribution in [3.8, 4) is 11.4 Å². The van der Waals surface area contributed by atoms with E-state index in [9.17, 15) is 10.1 Å². The van der Waals surface area contributed by atoms with Crippen LogP contribution in [0.2, 0.25) is 0 Å². The van der Waals surface area contributed by atoms with Crippen LogP contribution < -0.4 is 5.32 Å². The molecular weight excluding hydrogens is 246 g/mol. The fourth-order valence-electron chi connectivity index (χ4n) is 1.68. The van der Waals surface area contributed by atoms with Gasteiger partial charge in [0.05, 0.1) is 4.92 Å². The van der Waals surface area contributed by atoms with Crippen molar-refractivity contribution in [1.29, 1.82) is 0 Å². The Morgan fingerprint density at radius 2 is 2.21 bits per heavy atom. The third-order valence-corrected chi connectivity index (χ3v) is 2.58. The van der Waals surface area contributed by atoms with Gasteiger partial charge in [-0.15, -0.1) is 0 Å². The van der Waals surface area contributed by atoms with Crippen molar-refractivity contribution in [1.82, 2.24) is 14.8 Å². The molecule has 2 aromatic heterocycles. The topological polar surface area (TPSA) is 85.9 Å². The normalized spacial score (nSPS) is 10.4. The van der Waals surface area contributed by atoms with E-state index in [0.717, 1.165) is 13.0 Å². The zero-order valence-corrected chi connectivity index (χ0v) is 10.8. The van der Waals surface area contributed by atoms with E-state index in [4.69, 9.17) is 0 Å². The molecule has 0 atom stereocenters. The molecule has 0 amide bonds. The summed E-state index contributed by atoms with van der Waals surface area (Å²) in [4.78, 5) is 14.9. The summed E-state index contributed by atoms with van der Waals surface area (Å²) in [6.45, 7) is 2.81. The Morgan fingerprint density at radius 1 is 1.42 bits per heavy atom. The average Bonchev–Trinajstić information content (AvgIpc) is 2.82. The second-order valence-electron chi connectivity index (χ2n) is 4.12. The standard InChI is InChI=1S/C12H15N5O2/c1-3-7-13-11-5-4-10(17(18)19)12(14-11)9-6-8-16(2)15-9/h4-6,8H,3,7H2,1-2H3,(H,13,14). The van der Waals surface area contributed by atoms with Crippen LogP contribution in [0.5, 0.6) is 0 Å². The van der Waals surface area contributed by atoms with E-state index in [0.29, 0.717) is 11.5 Å². The zero-order valence-electron chi connectivity index (χ0n) is 10.8. The molecule has 0 radical (unpaired) electrons. The first-order valence-corrected chi connectivity index (χ1v) is 6.01. The van der Waals surface area contributed by atoms with Gasteiger partial charge in [-0.05, 0) is 18.6 Å². The number of hydrogen-bond acceptors (Lipinski definition) is 5. The average molecular weight is 261 g/mol. The van der Waals surface area contributed by atoms with Gasteiger partial charge in [-0.25, -0.2) is 4.98 Å². The van der Waals surface area contributed by atoms with Crippen molar-refractivity contribution < 1.29 is 4.92 Å². The predicted molar refractivity (Wildman–Crippen MR) is 71.9 cm³/mol. The number of aryl methyl sites for hydroxylation is 1. The van der Waals surface area contributed by atoms with E-state index in [1.807, 2.05) is 6.92 Å². The van der Waals surface area contributed by atoms with Crippen LogP contribution in [-0.4, -0.2) is 26.2 Å². The monoisotopic (exact) mass is 261 g/mol. The third kappa shape index (κ3) is 2.87. The lowest BCUT2D eigenvalue weighted by atomic mass is 10.2. The fraction of sp³-hybridized carbons (Fsp3) is 0.333. The Morgan fingerprint density at radius 3 is 2.79 bits per heavy atom. The van der Waals surface area contributed by atoms with Crippen LogP contribution in [0.15, 0.2) is 24.4 Å². The smallest absolute Gasteiger partial charge is 0.297 e. The minimum absolute atomic E-state index is 0.0410. The van der Waals surface area contributed by atoms with Gasteiger partial charge in [-0.2, -0.15) is 5.10 Å². The van der Waals surface area contributed by atoms with E-state index in [-0.39, 0.29) is 11.4 Å². The highest BCUT2D eigenvalue weighted by Gasteiger charge is 2.19. The lowest BCUT2D eigenvalue weighted by Crippen LogP contribution is -2.04. The van der Waals surface area contributed by atoms with Crippen LogP contribution in [0.3, 0.4) is 0 Å². The Bertz CT molecular complexity index is 594. The van der Waals surface area contributed by atoms with Crippen molar-refractivity contribution in [2.45, 2.75) is 13.3 Å². The summed E-state index contributed by atoms with van der Waals surface area (Å²) in [5, 5.41) is 18.3. The quantitative estimate of drug-likeness (QED) is 0.658. The maximum absolute atomic E-state index is 11.0. The molecule has 0 bridgehead atoms. The summed E-state index contributed by atoms with van der Waals surface area (Å²) in [6.07, 6.45) is 2.68. The van der Waals surface area contributed by atoms with Crippen LogP contribution >= 0.6 is 0 Å². The van der Waals surface area contributed by atoms with Crippen LogP contribution in [0.25, 0.3) is 11.4 Å². The minimum atomic E-state index is -0.444. The number of hydrogen-bond donors (Lipinski definition) is 1. The molecule has 2 rings (SSSR count). The van der Waals surface area contributed by atoms with Crippen molar-refractivity contribution >= 4 is 11.5 Å². The Kier molecular flexibility index (Phi) is 3.74. The second-order valence-corrected chi connectivity index (χ2v) is 4.12. The molecule has 2 heterocycles. The highest BCUT2D eigenvalue weighted by atomic mass is 16.6. The van der Waals surface area contributed by atoms with Crippen LogP contribution in [0, 0.1) is 10.1 Å². The number of anilines is 1. The molecule has 2 aromatic rings. The summed E-state index contributed by atoms with van der Waals surface area (Å²) < 4.78 is 1.59. The van der Waals surface area contributed by atoms with Gasteiger partial charge in [0, 0.05) is 25.9 Å². The van der Waals surface area contributed by atoms with Gasteiger partial charge in [0.1, 0.15) is 11.5 Å². The molecule has 7 nitrogen and oxygen atoms in total. The summed E-state index contributed by atoms with van der Waals surface area (Å²) in [6, 6.07) is 4.77. The van der Waals surface area contributed by atoms with Crippen LogP contribution in [0.1, 0.15) is 13.3 Å². The SMILES string of the molecule is CCCNc1ccc([N+](=O)[O-])c(-c2ccn(C)n2)n1. The first-order chi connectivity index (χ1) is 9.11. The largest absolute Gasteiger partial charge is 0.370 e. The van der Waals surface area contributed by atoms with E-state index in [2.05, 4.69) is 15.4 Å². The van der Waals surface area contributed by atoms with Gasteiger partial charge in [0.25, 0.3) is 5.69 Å². The van der Waals surface area contributed by atoms with E-state index in [1.54, 1.807) is 30.1 Å². The lowest BCUT2D eigenvalue weighted by Gasteiger charge is -2.05. The summed E-state index contributed by atoms with van der Waals surface area (Å²) in [7, 11) is 1.76. The van der Waals surface area contributed by atoms with Crippen LogP contribution in [-0.2, 0) is 7.05 Å². The minimum Gasteiger partial charge on any atom is -0.370 e. The van der Waals surface area contributed by atoms with Gasteiger partial charge >= 0.3 is 0 Å². The molecule has 19 heavy (non-hydrogen) atoms. The summed E-state index contributed by atoms with van der Waals surface area (Å²) >= 11 is 0. The zero-order chi connectivity index (χ0) is 13.8. The molecular formula is C12H15N5O2. The van der Waals surface area contributed by atoms with Crippen LogP contribution in [0.4, 0.5) is 11.5 Å². The highest BCUT2D eigenvalue weighted by molar-refractivity contribution is 5.68. The molecule has 0 saturated heterocycles. The van der Waals surface area contributed by atoms with Gasteiger partial charge in [0.2, 0.25) is 0 Å². The maximum atomic E-state index is 11.0. The molecule has 0 saturated carbocycles. The Hall–Kier alpha value is -2.44. The number of aromatic nitrogens is 3. The predicted octanol–water partition coefficient (Wildman–Crippen LogP) is 2.21. The number of nitrogens with one attached hydrogen (secondary N) is 1. The fourth-order valence-corrected chi connectivity index (χ4v) is 1.68. The molecule has 0 aliphatic carbocycles. The first-order valence-electron chi connectivity index (χ1n) is 6.01.